The fraction of sp³-hybridized carbons (Fsp3) is 0.606. The van der Waals surface area contributed by atoms with E-state index in [9.17, 15) is 4.79 Å². The number of esters is 1. The molecule has 1 fully saturated rings. The molecule has 5 nitrogen and oxygen atoms in total. The van der Waals surface area contributed by atoms with Gasteiger partial charge in [0.05, 0.1) is 25.4 Å². The van der Waals surface area contributed by atoms with Gasteiger partial charge in [0.25, 0.3) is 0 Å². The molecule has 0 amide bonds. The fourth-order valence-electron chi connectivity index (χ4n) is 4.55. The van der Waals surface area contributed by atoms with Gasteiger partial charge in [0.1, 0.15) is 11.5 Å². The number of benzene rings is 2. The van der Waals surface area contributed by atoms with E-state index in [-0.39, 0.29) is 6.29 Å². The first-order valence-corrected chi connectivity index (χ1v) is 14.9. The van der Waals surface area contributed by atoms with Gasteiger partial charge < -0.3 is 18.9 Å². The van der Waals surface area contributed by atoms with Crippen LogP contribution in [0.15, 0.2) is 48.5 Å². The highest BCUT2D eigenvalue weighted by Crippen LogP contribution is 2.29. The molecule has 0 saturated carbocycles. The predicted octanol–water partition coefficient (Wildman–Crippen LogP) is 8.91. The smallest absolute Gasteiger partial charge is 0.343 e. The molecule has 210 valence electrons. The van der Waals surface area contributed by atoms with E-state index in [2.05, 4.69) is 20.8 Å². The topological polar surface area (TPSA) is 54.0 Å². The van der Waals surface area contributed by atoms with Gasteiger partial charge in [0.15, 0.2) is 6.29 Å². The maximum absolute atomic E-state index is 12.5. The van der Waals surface area contributed by atoms with Crippen molar-refractivity contribution in [2.45, 2.75) is 97.7 Å². The van der Waals surface area contributed by atoms with E-state index in [1.807, 2.05) is 24.3 Å². The van der Waals surface area contributed by atoms with Crippen molar-refractivity contribution >= 4 is 5.97 Å². The summed E-state index contributed by atoms with van der Waals surface area (Å²) in [6, 6.07) is 14.5. The summed E-state index contributed by atoms with van der Waals surface area (Å²) in [7, 11) is 0. The monoisotopic (exact) mass is 524 g/mol. The lowest BCUT2D eigenvalue weighted by Crippen LogP contribution is -2.27. The Bertz CT molecular complexity index is 900. The summed E-state index contributed by atoms with van der Waals surface area (Å²) in [5.74, 6) is 1.83. The van der Waals surface area contributed by atoms with E-state index in [1.54, 1.807) is 24.3 Å². The van der Waals surface area contributed by atoms with Gasteiger partial charge in [-0.25, -0.2) is 4.79 Å². The molecule has 0 aromatic heterocycles. The lowest BCUT2D eigenvalue weighted by atomic mass is 10.0. The lowest BCUT2D eigenvalue weighted by Gasteiger charge is -2.29. The van der Waals surface area contributed by atoms with Gasteiger partial charge >= 0.3 is 5.97 Å². The molecule has 3 rings (SSSR count). The van der Waals surface area contributed by atoms with Crippen LogP contribution in [0.2, 0.25) is 0 Å². The second-order valence-corrected chi connectivity index (χ2v) is 10.8. The van der Waals surface area contributed by atoms with Crippen molar-refractivity contribution in [3.05, 3.63) is 59.7 Å². The number of carbonyl (C=O) groups is 1. The Balaban J connectivity index is 1.32. The molecular formula is C33H48O5. The van der Waals surface area contributed by atoms with E-state index in [0.717, 1.165) is 30.9 Å². The van der Waals surface area contributed by atoms with Crippen LogP contribution < -0.4 is 9.47 Å². The minimum Gasteiger partial charge on any atom is -0.493 e. The molecule has 5 heteroatoms. The van der Waals surface area contributed by atoms with Crippen LogP contribution in [-0.4, -0.2) is 25.8 Å². The molecule has 0 bridgehead atoms. The number of carbonyl (C=O) groups excluding carboxylic acids is 1. The van der Waals surface area contributed by atoms with Crippen molar-refractivity contribution in [2.75, 3.05) is 19.8 Å². The highest BCUT2D eigenvalue weighted by molar-refractivity contribution is 5.91. The molecular weight excluding hydrogens is 476 g/mol. The minimum atomic E-state index is -0.393. The van der Waals surface area contributed by atoms with Gasteiger partial charge in [-0.05, 0) is 48.7 Å². The molecule has 1 aliphatic rings. The highest BCUT2D eigenvalue weighted by atomic mass is 16.7. The van der Waals surface area contributed by atoms with Crippen LogP contribution in [0.1, 0.15) is 114 Å². The van der Waals surface area contributed by atoms with Crippen molar-refractivity contribution in [1.82, 2.24) is 0 Å². The average Bonchev–Trinajstić information content (AvgIpc) is 2.96. The Morgan fingerprint density at radius 3 is 2.00 bits per heavy atom. The zero-order valence-corrected chi connectivity index (χ0v) is 23.8. The second-order valence-electron chi connectivity index (χ2n) is 10.8. The van der Waals surface area contributed by atoms with Crippen molar-refractivity contribution in [3.63, 3.8) is 0 Å². The first kappa shape index (κ1) is 30.2. The normalized spacial score (nSPS) is 18.2. The van der Waals surface area contributed by atoms with Gasteiger partial charge in [-0.1, -0.05) is 97.1 Å². The third kappa shape index (κ3) is 10.8. The summed E-state index contributed by atoms with van der Waals surface area (Å²) in [6.07, 6.45) is 14.0. The van der Waals surface area contributed by atoms with Crippen LogP contribution in [-0.2, 0) is 9.47 Å². The fourth-order valence-corrected chi connectivity index (χ4v) is 4.55. The molecule has 0 radical (unpaired) electrons. The molecule has 38 heavy (non-hydrogen) atoms. The van der Waals surface area contributed by atoms with Crippen LogP contribution in [0.5, 0.6) is 11.5 Å². The Morgan fingerprint density at radius 1 is 0.816 bits per heavy atom. The molecule has 0 N–H and O–H groups in total. The second kappa shape index (κ2) is 17.3. The number of unbranched alkanes of at least 4 members (excludes halogenated alkanes) is 8. The summed E-state index contributed by atoms with van der Waals surface area (Å²) in [4.78, 5) is 12.5. The third-order valence-electron chi connectivity index (χ3n) is 7.37. The average molecular weight is 525 g/mol. The van der Waals surface area contributed by atoms with Gasteiger partial charge in [-0.3, -0.25) is 0 Å². The van der Waals surface area contributed by atoms with Gasteiger partial charge in [-0.2, -0.15) is 0 Å². The van der Waals surface area contributed by atoms with Gasteiger partial charge in [-0.15, -0.1) is 0 Å². The Hall–Kier alpha value is -2.37. The van der Waals surface area contributed by atoms with Gasteiger partial charge in [0, 0.05) is 11.5 Å². The van der Waals surface area contributed by atoms with E-state index >= 15 is 0 Å². The standard InChI is InChI=1S/C33H48O5/c1-4-6-7-8-9-10-11-12-13-14-27-24-36-33(37-25-27)29-17-21-31(22-18-29)38-32(34)28-15-19-30(20-16-28)35-23-26(3)5-2/h15-22,26-27,33H,4-14,23-25H2,1-3H3/t26-,27?,33?/m0/s1. The zero-order chi connectivity index (χ0) is 27.0. The van der Waals surface area contributed by atoms with E-state index < -0.39 is 5.97 Å². The maximum atomic E-state index is 12.5. The van der Waals surface area contributed by atoms with E-state index in [0.29, 0.717) is 29.8 Å². The third-order valence-corrected chi connectivity index (χ3v) is 7.37. The molecule has 2 aromatic rings. The molecule has 1 atom stereocenters. The van der Waals surface area contributed by atoms with Crippen molar-refractivity contribution < 1.29 is 23.7 Å². The van der Waals surface area contributed by atoms with Crippen LogP contribution in [0.4, 0.5) is 0 Å². The van der Waals surface area contributed by atoms with Crippen LogP contribution >= 0.6 is 0 Å². The zero-order valence-electron chi connectivity index (χ0n) is 23.8. The Morgan fingerprint density at radius 2 is 1.39 bits per heavy atom. The molecule has 2 aromatic carbocycles. The number of rotatable bonds is 17. The number of hydrogen-bond acceptors (Lipinski definition) is 5. The summed E-state index contributed by atoms with van der Waals surface area (Å²) < 4.78 is 23.3. The van der Waals surface area contributed by atoms with E-state index in [1.165, 1.54) is 64.2 Å². The summed E-state index contributed by atoms with van der Waals surface area (Å²) >= 11 is 0. The van der Waals surface area contributed by atoms with Crippen molar-refractivity contribution in [3.8, 4) is 11.5 Å². The Kier molecular flexibility index (Phi) is 13.7. The number of hydrogen-bond donors (Lipinski definition) is 0. The minimum absolute atomic E-state index is 0.359. The molecule has 0 spiro atoms. The predicted molar refractivity (Wildman–Crippen MR) is 153 cm³/mol. The molecule has 0 unspecified atom stereocenters. The van der Waals surface area contributed by atoms with Gasteiger partial charge in [0.2, 0.25) is 0 Å². The lowest BCUT2D eigenvalue weighted by molar-refractivity contribution is -0.206. The molecule has 1 heterocycles. The summed E-state index contributed by atoms with van der Waals surface area (Å²) in [5.41, 5.74) is 1.43. The maximum Gasteiger partial charge on any atom is 0.343 e. The summed E-state index contributed by atoms with van der Waals surface area (Å²) in [5, 5.41) is 0. The largest absolute Gasteiger partial charge is 0.493 e. The number of ether oxygens (including phenoxy) is 4. The highest BCUT2D eigenvalue weighted by Gasteiger charge is 2.23. The quantitative estimate of drug-likeness (QED) is 0.117. The first-order chi connectivity index (χ1) is 18.6. The first-order valence-electron chi connectivity index (χ1n) is 14.9. The van der Waals surface area contributed by atoms with E-state index in [4.69, 9.17) is 18.9 Å². The molecule has 1 aliphatic heterocycles. The van der Waals surface area contributed by atoms with Crippen molar-refractivity contribution in [1.29, 1.82) is 0 Å². The molecule has 0 aliphatic carbocycles. The summed E-state index contributed by atoms with van der Waals surface area (Å²) in [6.45, 7) is 8.69. The van der Waals surface area contributed by atoms with Crippen LogP contribution in [0, 0.1) is 11.8 Å². The van der Waals surface area contributed by atoms with Crippen molar-refractivity contribution in [2.24, 2.45) is 11.8 Å². The van der Waals surface area contributed by atoms with Crippen LogP contribution in [0.3, 0.4) is 0 Å². The molecule has 1 saturated heterocycles. The SMILES string of the molecule is CCCCCCCCCCCC1COC(c2ccc(OC(=O)c3ccc(OC[C@@H](C)CC)cc3)cc2)OC1. The Labute approximate surface area is 230 Å². The van der Waals surface area contributed by atoms with Crippen LogP contribution in [0.25, 0.3) is 0 Å².